The van der Waals surface area contributed by atoms with Gasteiger partial charge >= 0.3 is 0 Å². The minimum absolute atomic E-state index is 0.261. The lowest BCUT2D eigenvalue weighted by Gasteiger charge is -1.97. The van der Waals surface area contributed by atoms with Gasteiger partial charge in [-0.1, -0.05) is 0 Å². The number of halogens is 2. The van der Waals surface area contributed by atoms with E-state index in [0.717, 1.165) is 13.1 Å². The smallest absolute Gasteiger partial charge is 0.267 e. The summed E-state index contributed by atoms with van der Waals surface area (Å²) < 4.78 is 1.96. The number of amides is 1. The molecule has 2 aromatic rings. The SMILES string of the molecule is O=C(N/N=C/c1cc(Br)c(Br)s1)c1ccncc1. The third-order valence-electron chi connectivity index (χ3n) is 1.96. The Hall–Kier alpha value is -1.05. The van der Waals surface area contributed by atoms with Crippen LogP contribution in [0.5, 0.6) is 0 Å². The number of hydrazone groups is 1. The molecular weight excluding hydrogens is 382 g/mol. The summed E-state index contributed by atoms with van der Waals surface area (Å²) in [6.07, 6.45) is 4.72. The van der Waals surface area contributed by atoms with E-state index in [-0.39, 0.29) is 5.91 Å². The van der Waals surface area contributed by atoms with E-state index in [1.54, 1.807) is 30.7 Å². The lowest BCUT2D eigenvalue weighted by atomic mass is 10.3. The Kier molecular flexibility index (Phi) is 4.62. The highest BCUT2D eigenvalue weighted by molar-refractivity contribution is 9.13. The van der Waals surface area contributed by atoms with E-state index in [4.69, 9.17) is 0 Å². The third-order valence-corrected chi connectivity index (χ3v) is 5.16. The van der Waals surface area contributed by atoms with E-state index in [1.807, 2.05) is 6.07 Å². The van der Waals surface area contributed by atoms with Gasteiger partial charge in [-0.15, -0.1) is 11.3 Å². The van der Waals surface area contributed by atoms with Crippen molar-refractivity contribution in [1.82, 2.24) is 10.4 Å². The van der Waals surface area contributed by atoms with E-state index in [2.05, 4.69) is 47.4 Å². The maximum absolute atomic E-state index is 11.6. The molecule has 4 nitrogen and oxygen atoms in total. The molecule has 0 aromatic carbocycles. The van der Waals surface area contributed by atoms with Crippen LogP contribution in [0.4, 0.5) is 0 Å². The minimum atomic E-state index is -0.261. The molecule has 0 spiro atoms. The molecule has 7 heteroatoms. The van der Waals surface area contributed by atoms with Crippen molar-refractivity contribution in [3.05, 3.63) is 49.3 Å². The molecule has 2 heterocycles. The van der Waals surface area contributed by atoms with E-state index >= 15 is 0 Å². The second-order valence-corrected chi connectivity index (χ2v) is 6.46. The van der Waals surface area contributed by atoms with Crippen molar-refractivity contribution in [3.63, 3.8) is 0 Å². The Morgan fingerprint density at radius 1 is 1.39 bits per heavy atom. The van der Waals surface area contributed by atoms with E-state index < -0.39 is 0 Å². The maximum Gasteiger partial charge on any atom is 0.271 e. The first-order valence-corrected chi connectivity index (χ1v) is 7.25. The Balaban J connectivity index is 1.98. The van der Waals surface area contributed by atoms with Gasteiger partial charge in [0, 0.05) is 27.3 Å². The molecule has 2 rings (SSSR count). The zero-order chi connectivity index (χ0) is 13.0. The van der Waals surface area contributed by atoms with Crippen molar-refractivity contribution in [2.45, 2.75) is 0 Å². The first kappa shape index (κ1) is 13.4. The Labute approximate surface area is 124 Å². The second-order valence-electron chi connectivity index (χ2n) is 3.21. The van der Waals surface area contributed by atoms with Crippen LogP contribution in [0, 0.1) is 0 Å². The van der Waals surface area contributed by atoms with Gasteiger partial charge in [0.05, 0.1) is 10.0 Å². The highest BCUT2D eigenvalue weighted by Crippen LogP contribution is 2.31. The zero-order valence-electron chi connectivity index (χ0n) is 8.93. The van der Waals surface area contributed by atoms with Gasteiger partial charge < -0.3 is 0 Å². The molecule has 2 aromatic heterocycles. The summed E-state index contributed by atoms with van der Waals surface area (Å²) in [5, 5.41) is 3.90. The molecule has 0 aliphatic rings. The molecule has 0 bridgehead atoms. The number of rotatable bonds is 3. The molecule has 0 aliphatic heterocycles. The number of aromatic nitrogens is 1. The van der Waals surface area contributed by atoms with Gasteiger partial charge in [-0.2, -0.15) is 5.10 Å². The molecule has 0 unspecified atom stereocenters. The minimum Gasteiger partial charge on any atom is -0.267 e. The number of thiophene rings is 1. The number of nitrogens with one attached hydrogen (secondary N) is 1. The normalized spacial score (nSPS) is 10.8. The summed E-state index contributed by atoms with van der Waals surface area (Å²) in [5.41, 5.74) is 2.98. The van der Waals surface area contributed by atoms with Crippen LogP contribution in [0.25, 0.3) is 0 Å². The van der Waals surface area contributed by atoms with Crippen LogP contribution < -0.4 is 5.43 Å². The average molecular weight is 389 g/mol. The van der Waals surface area contributed by atoms with Crippen molar-refractivity contribution < 1.29 is 4.79 Å². The topological polar surface area (TPSA) is 54.4 Å². The summed E-state index contributed by atoms with van der Waals surface area (Å²) in [6.45, 7) is 0. The average Bonchev–Trinajstić information content (AvgIpc) is 2.69. The van der Waals surface area contributed by atoms with Crippen LogP contribution >= 0.6 is 43.2 Å². The van der Waals surface area contributed by atoms with Gasteiger partial charge in [-0.25, -0.2) is 5.43 Å². The van der Waals surface area contributed by atoms with Gasteiger partial charge in [0.25, 0.3) is 5.91 Å². The predicted octanol–water partition coefficient (Wildman–Crippen LogP) is 3.43. The first-order chi connectivity index (χ1) is 8.66. The number of nitrogens with zero attached hydrogens (tertiary/aromatic N) is 2. The molecule has 1 amide bonds. The van der Waals surface area contributed by atoms with Crippen molar-refractivity contribution >= 4 is 55.3 Å². The van der Waals surface area contributed by atoms with Gasteiger partial charge in [0.1, 0.15) is 0 Å². The molecule has 92 valence electrons. The van der Waals surface area contributed by atoms with Gasteiger partial charge in [-0.3, -0.25) is 9.78 Å². The van der Waals surface area contributed by atoms with Crippen LogP contribution in [-0.4, -0.2) is 17.1 Å². The fraction of sp³-hybridized carbons (Fsp3) is 0. The quantitative estimate of drug-likeness (QED) is 0.646. The van der Waals surface area contributed by atoms with Crippen LogP contribution in [0.15, 0.2) is 44.0 Å². The van der Waals surface area contributed by atoms with Gasteiger partial charge in [0.2, 0.25) is 0 Å². The van der Waals surface area contributed by atoms with Crippen molar-refractivity contribution in [2.24, 2.45) is 5.10 Å². The highest BCUT2D eigenvalue weighted by atomic mass is 79.9. The van der Waals surface area contributed by atoms with E-state index in [1.165, 1.54) is 11.3 Å². The maximum atomic E-state index is 11.6. The molecular formula is C11H7Br2N3OS. The first-order valence-electron chi connectivity index (χ1n) is 4.85. The van der Waals surface area contributed by atoms with Crippen LogP contribution in [0.3, 0.4) is 0 Å². The summed E-state index contributed by atoms with van der Waals surface area (Å²) >= 11 is 8.29. The van der Waals surface area contributed by atoms with Crippen LogP contribution in [0.1, 0.15) is 15.2 Å². The number of hydrogen-bond donors (Lipinski definition) is 1. The summed E-state index contributed by atoms with van der Waals surface area (Å²) in [6, 6.07) is 5.17. The molecule has 18 heavy (non-hydrogen) atoms. The zero-order valence-corrected chi connectivity index (χ0v) is 12.9. The highest BCUT2D eigenvalue weighted by Gasteiger charge is 2.03. The lowest BCUT2D eigenvalue weighted by molar-refractivity contribution is 0.0955. The monoisotopic (exact) mass is 387 g/mol. The molecule has 1 N–H and O–H groups in total. The largest absolute Gasteiger partial charge is 0.271 e. The second kappa shape index (κ2) is 6.21. The summed E-state index contributed by atoms with van der Waals surface area (Å²) in [5.74, 6) is -0.261. The van der Waals surface area contributed by atoms with Gasteiger partial charge in [-0.05, 0) is 50.1 Å². The number of carbonyl (C=O) groups is 1. The van der Waals surface area contributed by atoms with Crippen molar-refractivity contribution in [1.29, 1.82) is 0 Å². The Bertz CT molecular complexity index is 564. The summed E-state index contributed by atoms with van der Waals surface area (Å²) in [4.78, 5) is 16.4. The Morgan fingerprint density at radius 2 is 2.11 bits per heavy atom. The number of hydrogen-bond acceptors (Lipinski definition) is 4. The van der Waals surface area contributed by atoms with Crippen LogP contribution in [-0.2, 0) is 0 Å². The van der Waals surface area contributed by atoms with E-state index in [9.17, 15) is 4.79 Å². The van der Waals surface area contributed by atoms with E-state index in [0.29, 0.717) is 5.56 Å². The van der Waals surface area contributed by atoms with Crippen molar-refractivity contribution in [2.75, 3.05) is 0 Å². The van der Waals surface area contributed by atoms with Gasteiger partial charge in [0.15, 0.2) is 0 Å². The number of carbonyl (C=O) groups excluding carboxylic acids is 1. The number of pyridine rings is 1. The lowest BCUT2D eigenvalue weighted by Crippen LogP contribution is -2.17. The fourth-order valence-corrected chi connectivity index (χ4v) is 3.11. The Morgan fingerprint density at radius 3 is 2.72 bits per heavy atom. The fourth-order valence-electron chi connectivity index (χ4n) is 1.15. The molecule has 0 fully saturated rings. The molecule has 0 radical (unpaired) electrons. The predicted molar refractivity (Wildman–Crippen MR) is 79.0 cm³/mol. The van der Waals surface area contributed by atoms with Crippen molar-refractivity contribution in [3.8, 4) is 0 Å². The molecule has 0 saturated heterocycles. The summed E-state index contributed by atoms with van der Waals surface area (Å²) in [7, 11) is 0. The molecule has 0 saturated carbocycles. The standard InChI is InChI=1S/C11H7Br2N3OS/c12-9-5-8(18-10(9)13)6-15-16-11(17)7-1-3-14-4-2-7/h1-6H,(H,16,17)/b15-6+. The third kappa shape index (κ3) is 3.47. The van der Waals surface area contributed by atoms with Crippen LogP contribution in [0.2, 0.25) is 0 Å². The molecule has 0 aliphatic carbocycles. The molecule has 0 atom stereocenters.